The summed E-state index contributed by atoms with van der Waals surface area (Å²) in [5, 5.41) is 0.609. The number of hydrogen-bond donors (Lipinski definition) is 1. The number of fused-ring (bicyclic) bond motifs is 1. The van der Waals surface area contributed by atoms with Crippen LogP contribution in [0.25, 0.3) is 22.1 Å². The predicted molar refractivity (Wildman–Crippen MR) is 149 cm³/mol. The number of hydrogen-bond acceptors (Lipinski definition) is 3. The number of halogens is 1. The number of carbonyl (C=O) groups is 2. The molecule has 0 spiro atoms. The van der Waals surface area contributed by atoms with Crippen LogP contribution in [-0.2, 0) is 6.42 Å². The molecule has 0 bridgehead atoms. The van der Waals surface area contributed by atoms with Crippen molar-refractivity contribution in [2.45, 2.75) is 25.3 Å². The quantitative estimate of drug-likeness (QED) is 0.265. The first kappa shape index (κ1) is 24.6. The Kier molecular flexibility index (Phi) is 6.45. The molecule has 5 nitrogen and oxygen atoms in total. The fourth-order valence-corrected chi connectivity index (χ4v) is 5.54. The molecular formula is C33H27FN2O3. The van der Waals surface area contributed by atoms with Crippen LogP contribution in [0.3, 0.4) is 0 Å². The summed E-state index contributed by atoms with van der Waals surface area (Å²) in [6.45, 7) is 0.725. The van der Waals surface area contributed by atoms with Crippen molar-refractivity contribution >= 4 is 22.8 Å². The van der Waals surface area contributed by atoms with Crippen molar-refractivity contribution in [1.82, 2.24) is 4.90 Å². The normalized spacial score (nSPS) is 15.1. The Hall–Kier alpha value is -4.71. The first-order chi connectivity index (χ1) is 19.0. The number of benzene rings is 4. The minimum atomic E-state index is -0.590. The third-order valence-corrected chi connectivity index (χ3v) is 7.43. The second-order valence-corrected chi connectivity index (χ2v) is 9.93. The average molecular weight is 519 g/mol. The van der Waals surface area contributed by atoms with Gasteiger partial charge < -0.3 is 15.1 Å². The van der Waals surface area contributed by atoms with E-state index < -0.39 is 5.91 Å². The van der Waals surface area contributed by atoms with Gasteiger partial charge in [-0.1, -0.05) is 60.7 Å². The van der Waals surface area contributed by atoms with Crippen LogP contribution in [0.15, 0.2) is 101 Å². The molecule has 6 rings (SSSR count). The summed E-state index contributed by atoms with van der Waals surface area (Å²) in [7, 11) is 0. The number of nitrogens with zero attached hydrogens (tertiary/aromatic N) is 1. The molecule has 5 aromatic rings. The topological polar surface area (TPSA) is 76.5 Å². The van der Waals surface area contributed by atoms with Crippen molar-refractivity contribution in [1.29, 1.82) is 0 Å². The fourth-order valence-electron chi connectivity index (χ4n) is 5.54. The maximum Gasteiger partial charge on any atom is 0.254 e. The summed E-state index contributed by atoms with van der Waals surface area (Å²) in [6.07, 6.45) is 2.23. The van der Waals surface area contributed by atoms with E-state index in [1.807, 2.05) is 65.6 Å². The lowest BCUT2D eigenvalue weighted by Gasteiger charge is -2.25. The molecular weight excluding hydrogens is 491 g/mol. The Balaban J connectivity index is 1.32. The molecule has 2 heterocycles. The monoisotopic (exact) mass is 518 g/mol. The Bertz CT molecular complexity index is 1680. The lowest BCUT2D eigenvalue weighted by atomic mass is 9.98. The van der Waals surface area contributed by atoms with Crippen LogP contribution in [-0.4, -0.2) is 23.3 Å². The van der Waals surface area contributed by atoms with Gasteiger partial charge in [-0.25, -0.2) is 4.39 Å². The van der Waals surface area contributed by atoms with Gasteiger partial charge in [0.1, 0.15) is 17.2 Å². The second kappa shape index (κ2) is 10.2. The third kappa shape index (κ3) is 4.81. The number of primary amides is 1. The molecule has 2 amide bonds. The van der Waals surface area contributed by atoms with E-state index in [2.05, 4.69) is 12.1 Å². The standard InChI is InChI=1S/C33H27FN2O3/c34-26-14-11-21(12-15-26)18-30-31(32(35)37)27-20-24(13-16-29(27)39-30)23-8-4-9-25(19-23)33(38)36-17-5-10-28(36)22-6-2-1-3-7-22/h1-4,6-9,11-16,19-20,28H,5,10,17-18H2,(H2,35,37). The maximum absolute atomic E-state index is 13.6. The Morgan fingerprint density at radius 1 is 0.897 bits per heavy atom. The predicted octanol–water partition coefficient (Wildman–Crippen LogP) is 6.91. The third-order valence-electron chi connectivity index (χ3n) is 7.43. The van der Waals surface area contributed by atoms with Gasteiger partial charge >= 0.3 is 0 Å². The molecule has 1 atom stereocenters. The van der Waals surface area contributed by atoms with E-state index in [0.29, 0.717) is 34.3 Å². The van der Waals surface area contributed by atoms with Crippen LogP contribution in [0.2, 0.25) is 0 Å². The van der Waals surface area contributed by atoms with Gasteiger partial charge in [0.2, 0.25) is 0 Å². The lowest BCUT2D eigenvalue weighted by molar-refractivity contribution is 0.0735. The van der Waals surface area contributed by atoms with Gasteiger partial charge in [0, 0.05) is 23.9 Å². The minimum absolute atomic E-state index is 0.00648. The van der Waals surface area contributed by atoms with Gasteiger partial charge in [0.15, 0.2) is 0 Å². The summed E-state index contributed by atoms with van der Waals surface area (Å²) in [5.41, 5.74) is 10.9. The molecule has 1 fully saturated rings. The van der Waals surface area contributed by atoms with E-state index in [-0.39, 0.29) is 17.8 Å². The van der Waals surface area contributed by atoms with Crippen molar-refractivity contribution in [2.24, 2.45) is 5.73 Å². The fraction of sp³-hybridized carbons (Fsp3) is 0.152. The van der Waals surface area contributed by atoms with Gasteiger partial charge in [-0.05, 0) is 71.5 Å². The molecule has 1 aliphatic heterocycles. The van der Waals surface area contributed by atoms with E-state index in [1.54, 1.807) is 12.1 Å². The van der Waals surface area contributed by atoms with Crippen molar-refractivity contribution in [3.05, 3.63) is 131 Å². The van der Waals surface area contributed by atoms with Crippen LogP contribution >= 0.6 is 0 Å². The highest BCUT2D eigenvalue weighted by Crippen LogP contribution is 2.35. The first-order valence-corrected chi connectivity index (χ1v) is 13.0. The number of carbonyl (C=O) groups excluding carboxylic acids is 2. The van der Waals surface area contributed by atoms with Crippen molar-refractivity contribution in [3.8, 4) is 11.1 Å². The van der Waals surface area contributed by atoms with E-state index >= 15 is 0 Å². The Morgan fingerprint density at radius 3 is 2.44 bits per heavy atom. The maximum atomic E-state index is 13.6. The van der Waals surface area contributed by atoms with E-state index in [4.69, 9.17) is 10.2 Å². The van der Waals surface area contributed by atoms with Crippen LogP contribution in [0.1, 0.15) is 56.5 Å². The molecule has 1 aromatic heterocycles. The highest BCUT2D eigenvalue weighted by atomic mass is 19.1. The molecule has 0 saturated carbocycles. The van der Waals surface area contributed by atoms with Crippen molar-refractivity contribution in [3.63, 3.8) is 0 Å². The van der Waals surface area contributed by atoms with E-state index in [0.717, 1.165) is 41.6 Å². The molecule has 0 aliphatic carbocycles. The Labute approximate surface area is 225 Å². The van der Waals surface area contributed by atoms with Crippen molar-refractivity contribution in [2.75, 3.05) is 6.54 Å². The number of rotatable bonds is 6. The Morgan fingerprint density at radius 2 is 1.67 bits per heavy atom. The van der Waals surface area contributed by atoms with Gasteiger partial charge in [0.05, 0.1) is 11.6 Å². The van der Waals surface area contributed by atoms with Gasteiger partial charge in [-0.2, -0.15) is 0 Å². The molecule has 39 heavy (non-hydrogen) atoms. The zero-order valence-electron chi connectivity index (χ0n) is 21.3. The van der Waals surface area contributed by atoms with Gasteiger partial charge in [-0.3, -0.25) is 9.59 Å². The van der Waals surface area contributed by atoms with Crippen molar-refractivity contribution < 1.29 is 18.4 Å². The highest BCUT2D eigenvalue weighted by Gasteiger charge is 2.30. The zero-order chi connectivity index (χ0) is 26.9. The summed E-state index contributed by atoms with van der Waals surface area (Å²) in [4.78, 5) is 28.0. The summed E-state index contributed by atoms with van der Waals surface area (Å²) in [5.74, 6) is -0.477. The minimum Gasteiger partial charge on any atom is -0.460 e. The number of nitrogens with two attached hydrogens (primary N) is 1. The second-order valence-electron chi connectivity index (χ2n) is 9.93. The number of amides is 2. The number of furan rings is 1. The molecule has 6 heteroatoms. The van der Waals surface area contributed by atoms with Crippen LogP contribution < -0.4 is 5.73 Å². The molecule has 1 aliphatic rings. The SMILES string of the molecule is NC(=O)c1c(Cc2ccc(F)cc2)oc2ccc(-c3cccc(C(=O)N4CCCC4c4ccccc4)c3)cc12. The molecule has 2 N–H and O–H groups in total. The molecule has 1 unspecified atom stereocenters. The molecule has 194 valence electrons. The smallest absolute Gasteiger partial charge is 0.254 e. The summed E-state index contributed by atoms with van der Waals surface area (Å²) < 4.78 is 19.4. The van der Waals surface area contributed by atoms with Crippen LogP contribution in [0.5, 0.6) is 0 Å². The molecule has 1 saturated heterocycles. The summed E-state index contributed by atoms with van der Waals surface area (Å²) >= 11 is 0. The first-order valence-electron chi connectivity index (χ1n) is 13.0. The highest BCUT2D eigenvalue weighted by molar-refractivity contribution is 6.07. The van der Waals surface area contributed by atoms with Gasteiger partial charge in [-0.15, -0.1) is 0 Å². The summed E-state index contributed by atoms with van der Waals surface area (Å²) in [6, 6.07) is 29.4. The molecule has 0 radical (unpaired) electrons. The molecule has 4 aromatic carbocycles. The largest absolute Gasteiger partial charge is 0.460 e. The average Bonchev–Trinajstić information content (AvgIpc) is 3.59. The lowest BCUT2D eigenvalue weighted by Crippen LogP contribution is -2.30. The van der Waals surface area contributed by atoms with Crippen LogP contribution in [0.4, 0.5) is 4.39 Å². The van der Waals surface area contributed by atoms with Gasteiger partial charge in [0.25, 0.3) is 11.8 Å². The van der Waals surface area contributed by atoms with E-state index in [1.165, 1.54) is 12.1 Å². The number of likely N-dealkylation sites (tertiary alicyclic amines) is 1. The zero-order valence-corrected chi connectivity index (χ0v) is 21.3. The van der Waals surface area contributed by atoms with Crippen LogP contribution in [0, 0.1) is 5.82 Å². The van der Waals surface area contributed by atoms with E-state index in [9.17, 15) is 14.0 Å².